The Kier molecular flexibility index (Phi) is 8.98. The maximum absolute atomic E-state index is 11.3. The van der Waals surface area contributed by atoms with E-state index in [0.717, 1.165) is 0 Å². The Morgan fingerprint density at radius 1 is 0.737 bits per heavy atom. The Labute approximate surface area is 104 Å². The third-order valence-corrected chi connectivity index (χ3v) is 1.47. The lowest BCUT2D eigenvalue weighted by Crippen LogP contribution is -2.09. The summed E-state index contributed by atoms with van der Waals surface area (Å²) >= 11 is 0. The fraction of sp³-hybridized carbons (Fsp3) is 0.778. The van der Waals surface area contributed by atoms with Gasteiger partial charge in [0.2, 0.25) is 0 Å². The summed E-state index contributed by atoms with van der Waals surface area (Å²) in [4.78, 5) is 19.3. The van der Waals surface area contributed by atoms with Crippen LogP contribution in [-0.4, -0.2) is 34.5 Å². The van der Waals surface area contributed by atoms with Crippen molar-refractivity contribution in [1.29, 1.82) is 0 Å². The van der Waals surface area contributed by atoms with Crippen molar-refractivity contribution in [2.75, 3.05) is 0 Å². The highest BCUT2D eigenvalue weighted by Gasteiger charge is 2.27. The van der Waals surface area contributed by atoms with E-state index in [0.29, 0.717) is 0 Å². The number of carboxylic acid groups (broad SMARTS) is 2. The zero-order chi connectivity index (χ0) is 15.7. The molecule has 0 aliphatic rings. The molecule has 0 unspecified atom stereocenters. The minimum atomic E-state index is -4.35. The molecule has 0 saturated heterocycles. The molecule has 0 aliphatic heterocycles. The van der Waals surface area contributed by atoms with E-state index in [4.69, 9.17) is 10.2 Å². The summed E-state index contributed by atoms with van der Waals surface area (Å²) in [6.45, 7) is 0. The second-order valence-electron chi connectivity index (χ2n) is 3.37. The molecule has 0 aromatic heterocycles. The summed E-state index contributed by atoms with van der Waals surface area (Å²) in [6.07, 6.45) is -12.4. The van der Waals surface area contributed by atoms with E-state index in [-0.39, 0.29) is 6.42 Å². The molecule has 114 valence electrons. The summed E-state index contributed by atoms with van der Waals surface area (Å²) < 4.78 is 67.4. The van der Waals surface area contributed by atoms with Gasteiger partial charge in [-0.15, -0.1) is 0 Å². The number of halogens is 6. The van der Waals surface area contributed by atoms with Gasteiger partial charge >= 0.3 is 24.3 Å². The lowest BCUT2D eigenvalue weighted by molar-refractivity contribution is -0.152. The molecule has 0 rings (SSSR count). The predicted molar refractivity (Wildman–Crippen MR) is 50.5 cm³/mol. The zero-order valence-corrected chi connectivity index (χ0v) is 9.51. The number of rotatable bonds is 5. The second kappa shape index (κ2) is 8.59. The predicted octanol–water partition coefficient (Wildman–Crippen LogP) is 3.22. The van der Waals surface area contributed by atoms with Crippen molar-refractivity contribution in [3.63, 3.8) is 0 Å². The second-order valence-corrected chi connectivity index (χ2v) is 3.37. The molecule has 10 heteroatoms. The molecule has 0 radical (unpaired) electrons. The number of carboxylic acids is 2. The number of carbonyl (C=O) groups is 2. The Hall–Kier alpha value is -1.48. The molecule has 0 aliphatic carbocycles. The van der Waals surface area contributed by atoms with Gasteiger partial charge in [-0.3, -0.25) is 9.59 Å². The van der Waals surface area contributed by atoms with Crippen molar-refractivity contribution in [3.05, 3.63) is 0 Å². The minimum absolute atomic E-state index is 0.334. The maximum Gasteiger partial charge on any atom is 0.389 e. The molecule has 0 fully saturated rings. The Bertz CT molecular complexity index is 283. The van der Waals surface area contributed by atoms with E-state index in [1.165, 1.54) is 0 Å². The van der Waals surface area contributed by atoms with Crippen LogP contribution in [0.1, 0.15) is 32.1 Å². The first-order chi connectivity index (χ1) is 8.33. The first kappa shape index (κ1) is 19.9. The van der Waals surface area contributed by atoms with Crippen LogP contribution in [0.2, 0.25) is 0 Å². The molecule has 4 nitrogen and oxygen atoms in total. The molecule has 0 spiro atoms. The fourth-order valence-electron chi connectivity index (χ4n) is 0.689. The molecule has 0 bridgehead atoms. The van der Waals surface area contributed by atoms with Gasteiger partial charge in [-0.25, -0.2) is 0 Å². The molecule has 0 heterocycles. The summed E-state index contributed by atoms with van der Waals surface area (Å²) in [5.41, 5.74) is 0. The number of hydrogen-bond acceptors (Lipinski definition) is 2. The Morgan fingerprint density at radius 2 is 1.11 bits per heavy atom. The van der Waals surface area contributed by atoms with E-state index in [2.05, 4.69) is 0 Å². The van der Waals surface area contributed by atoms with Crippen LogP contribution in [0.5, 0.6) is 0 Å². The van der Waals surface area contributed by atoms with E-state index in [1.54, 1.807) is 0 Å². The van der Waals surface area contributed by atoms with Gasteiger partial charge in [-0.1, -0.05) is 0 Å². The molecule has 0 aromatic carbocycles. The fourth-order valence-corrected chi connectivity index (χ4v) is 0.689. The minimum Gasteiger partial charge on any atom is -0.481 e. The van der Waals surface area contributed by atoms with E-state index in [9.17, 15) is 35.9 Å². The third-order valence-electron chi connectivity index (χ3n) is 1.47. The van der Waals surface area contributed by atoms with Gasteiger partial charge < -0.3 is 10.2 Å². The SMILES string of the molecule is O=C(O)CCC(F)(F)F.O=C(O)CCCC(F)(F)F. The van der Waals surface area contributed by atoms with Crippen LogP contribution in [0.15, 0.2) is 0 Å². The molecular weight excluding hydrogens is 286 g/mol. The van der Waals surface area contributed by atoms with Crippen LogP contribution in [-0.2, 0) is 9.59 Å². The highest BCUT2D eigenvalue weighted by atomic mass is 19.4. The molecule has 0 saturated carbocycles. The topological polar surface area (TPSA) is 74.6 Å². The lowest BCUT2D eigenvalue weighted by Gasteiger charge is -2.02. The van der Waals surface area contributed by atoms with E-state index in [1.807, 2.05) is 0 Å². The molecule has 2 N–H and O–H groups in total. The van der Waals surface area contributed by atoms with Gasteiger partial charge in [0.15, 0.2) is 0 Å². The average Bonchev–Trinajstić information content (AvgIpc) is 2.12. The zero-order valence-electron chi connectivity index (χ0n) is 9.51. The summed E-state index contributed by atoms with van der Waals surface area (Å²) in [5, 5.41) is 15.7. The van der Waals surface area contributed by atoms with E-state index < -0.39 is 50.0 Å². The van der Waals surface area contributed by atoms with Gasteiger partial charge in [-0.2, -0.15) is 26.3 Å². The van der Waals surface area contributed by atoms with Crippen molar-refractivity contribution in [1.82, 2.24) is 0 Å². The van der Waals surface area contributed by atoms with Crippen LogP contribution < -0.4 is 0 Å². The average molecular weight is 298 g/mol. The molecule has 0 aromatic rings. The van der Waals surface area contributed by atoms with Gasteiger partial charge in [0.25, 0.3) is 0 Å². The third kappa shape index (κ3) is 26.2. The van der Waals surface area contributed by atoms with Crippen molar-refractivity contribution in [2.45, 2.75) is 44.5 Å². The maximum atomic E-state index is 11.3. The Morgan fingerprint density at radius 3 is 1.32 bits per heavy atom. The van der Waals surface area contributed by atoms with Crippen molar-refractivity contribution >= 4 is 11.9 Å². The molecule has 19 heavy (non-hydrogen) atoms. The monoisotopic (exact) mass is 298 g/mol. The van der Waals surface area contributed by atoms with Crippen LogP contribution >= 0.6 is 0 Å². The molecular formula is C9H12F6O4. The summed E-state index contributed by atoms with van der Waals surface area (Å²) in [5.74, 6) is -2.61. The highest BCUT2D eigenvalue weighted by Crippen LogP contribution is 2.22. The molecule has 0 atom stereocenters. The lowest BCUT2D eigenvalue weighted by atomic mass is 10.2. The number of alkyl halides is 6. The number of aliphatic carboxylic acids is 2. The molecule has 0 amide bonds. The van der Waals surface area contributed by atoms with Crippen LogP contribution in [0.3, 0.4) is 0 Å². The summed E-state index contributed by atoms with van der Waals surface area (Å²) in [7, 11) is 0. The van der Waals surface area contributed by atoms with Crippen molar-refractivity contribution in [3.8, 4) is 0 Å². The van der Waals surface area contributed by atoms with Crippen LogP contribution in [0.4, 0.5) is 26.3 Å². The Balaban J connectivity index is 0. The van der Waals surface area contributed by atoms with Crippen LogP contribution in [0, 0.1) is 0 Å². The first-order valence-corrected chi connectivity index (χ1v) is 4.90. The van der Waals surface area contributed by atoms with Gasteiger partial charge in [-0.05, 0) is 6.42 Å². The van der Waals surface area contributed by atoms with Crippen molar-refractivity contribution < 1.29 is 46.1 Å². The largest absolute Gasteiger partial charge is 0.481 e. The van der Waals surface area contributed by atoms with Gasteiger partial charge in [0.1, 0.15) is 0 Å². The highest BCUT2D eigenvalue weighted by molar-refractivity contribution is 5.66. The normalized spacial score (nSPS) is 11.5. The first-order valence-electron chi connectivity index (χ1n) is 4.90. The van der Waals surface area contributed by atoms with Gasteiger partial charge in [0.05, 0.1) is 12.8 Å². The summed E-state index contributed by atoms with van der Waals surface area (Å²) in [6, 6.07) is 0. The quantitative estimate of drug-likeness (QED) is 0.764. The smallest absolute Gasteiger partial charge is 0.389 e. The van der Waals surface area contributed by atoms with Gasteiger partial charge in [0, 0.05) is 12.8 Å². The number of hydrogen-bond donors (Lipinski definition) is 2. The van der Waals surface area contributed by atoms with Crippen molar-refractivity contribution in [2.24, 2.45) is 0 Å². The van der Waals surface area contributed by atoms with Crippen LogP contribution in [0.25, 0.3) is 0 Å². The van der Waals surface area contributed by atoms with E-state index >= 15 is 0 Å². The standard InChI is InChI=1S/C5H7F3O2.C4H5F3O2/c6-5(7,8)3-1-2-4(9)10;5-4(6,7)2-1-3(8)9/h1-3H2,(H,9,10);1-2H2,(H,8,9).